The molecular weight excluding hydrogens is 343 g/mol. The molecule has 0 saturated heterocycles. The van der Waals surface area contributed by atoms with E-state index in [0.29, 0.717) is 21.3 Å². The van der Waals surface area contributed by atoms with E-state index < -0.39 is 0 Å². The number of amides is 1. The largest absolute Gasteiger partial charge is 0.322 e. The first-order valence-corrected chi connectivity index (χ1v) is 8.11. The molecule has 0 aliphatic heterocycles. The summed E-state index contributed by atoms with van der Waals surface area (Å²) in [6.45, 7) is 0. The van der Waals surface area contributed by atoms with Gasteiger partial charge in [-0.3, -0.25) is 9.78 Å². The first-order valence-electron chi connectivity index (χ1n) is 7.36. The van der Waals surface area contributed by atoms with Crippen molar-refractivity contribution < 1.29 is 4.79 Å². The minimum absolute atomic E-state index is 0.288. The summed E-state index contributed by atoms with van der Waals surface area (Å²) < 4.78 is 0. The van der Waals surface area contributed by atoms with Crippen LogP contribution in [0.3, 0.4) is 0 Å². The number of halogens is 2. The average Bonchev–Trinajstić information content (AvgIpc) is 2.59. The monoisotopic (exact) mass is 356 g/mol. The third-order valence-electron chi connectivity index (χ3n) is 3.54. The predicted octanol–water partition coefficient (Wildman–Crippen LogP) is 5.23. The van der Waals surface area contributed by atoms with Gasteiger partial charge in [0.1, 0.15) is 0 Å². The van der Waals surface area contributed by atoms with Gasteiger partial charge in [0.2, 0.25) is 0 Å². The molecule has 0 fully saturated rings. The molecular formula is C19H14Cl2N2O. The molecule has 0 aliphatic rings. The number of carbonyl (C=O) groups excluding carboxylic acids is 1. The average molecular weight is 357 g/mol. The maximum absolute atomic E-state index is 12.3. The lowest BCUT2D eigenvalue weighted by molar-refractivity contribution is 0.102. The molecule has 1 heterocycles. The van der Waals surface area contributed by atoms with Crippen LogP contribution >= 0.6 is 23.2 Å². The van der Waals surface area contributed by atoms with E-state index >= 15 is 0 Å². The highest BCUT2D eigenvalue weighted by molar-refractivity contribution is 6.36. The van der Waals surface area contributed by atoms with Crippen LogP contribution in [0.1, 0.15) is 21.5 Å². The number of nitrogens with one attached hydrogen (secondary N) is 1. The van der Waals surface area contributed by atoms with Gasteiger partial charge in [0.15, 0.2) is 0 Å². The summed E-state index contributed by atoms with van der Waals surface area (Å²) in [4.78, 5) is 16.3. The summed E-state index contributed by atoms with van der Waals surface area (Å²) in [6.07, 6.45) is 4.37. The van der Waals surface area contributed by atoms with Crippen molar-refractivity contribution in [3.63, 3.8) is 0 Å². The van der Waals surface area contributed by atoms with Crippen molar-refractivity contribution in [3.05, 3.63) is 93.7 Å². The first kappa shape index (κ1) is 16.5. The lowest BCUT2D eigenvalue weighted by Gasteiger charge is -2.08. The molecule has 1 amide bonds. The number of nitrogens with zero attached hydrogens (tertiary/aromatic N) is 1. The van der Waals surface area contributed by atoms with E-state index in [9.17, 15) is 4.79 Å². The second kappa shape index (κ2) is 7.47. The molecule has 0 spiro atoms. The molecule has 5 heteroatoms. The van der Waals surface area contributed by atoms with Gasteiger partial charge in [0.25, 0.3) is 5.91 Å². The van der Waals surface area contributed by atoms with Crippen LogP contribution in [0, 0.1) is 0 Å². The van der Waals surface area contributed by atoms with Crippen LogP contribution in [0.2, 0.25) is 10.0 Å². The molecule has 3 rings (SSSR count). The fourth-order valence-corrected chi connectivity index (χ4v) is 2.69. The molecule has 0 radical (unpaired) electrons. The number of hydrogen-bond donors (Lipinski definition) is 1. The fourth-order valence-electron chi connectivity index (χ4n) is 2.31. The normalized spacial score (nSPS) is 10.4. The summed E-state index contributed by atoms with van der Waals surface area (Å²) in [5, 5.41) is 3.66. The predicted molar refractivity (Wildman–Crippen MR) is 97.9 cm³/mol. The highest BCUT2D eigenvalue weighted by Crippen LogP contribution is 2.22. The number of benzene rings is 2. The topological polar surface area (TPSA) is 42.0 Å². The van der Waals surface area contributed by atoms with E-state index in [1.54, 1.807) is 30.6 Å². The molecule has 0 atom stereocenters. The zero-order valence-electron chi connectivity index (χ0n) is 12.7. The number of carbonyl (C=O) groups is 1. The van der Waals surface area contributed by atoms with Crippen LogP contribution in [0.5, 0.6) is 0 Å². The smallest absolute Gasteiger partial charge is 0.257 e. The van der Waals surface area contributed by atoms with Gasteiger partial charge in [0.05, 0.1) is 10.6 Å². The summed E-state index contributed by atoms with van der Waals surface area (Å²) in [7, 11) is 0. The molecule has 0 bridgehead atoms. The Labute approximate surface area is 150 Å². The Morgan fingerprint density at radius 3 is 2.29 bits per heavy atom. The lowest BCUT2D eigenvalue weighted by Crippen LogP contribution is -2.12. The van der Waals surface area contributed by atoms with Crippen LogP contribution in [0.15, 0.2) is 67.0 Å². The minimum atomic E-state index is -0.288. The second-order valence-corrected chi connectivity index (χ2v) is 6.15. The van der Waals surface area contributed by atoms with Gasteiger partial charge in [-0.05, 0) is 60.0 Å². The third-order valence-corrected chi connectivity index (χ3v) is 4.11. The highest BCUT2D eigenvalue weighted by Gasteiger charge is 2.11. The van der Waals surface area contributed by atoms with Crippen molar-refractivity contribution in [2.75, 3.05) is 5.32 Å². The summed E-state index contributed by atoms with van der Waals surface area (Å²) in [5.74, 6) is -0.288. The van der Waals surface area contributed by atoms with Crippen molar-refractivity contribution >= 4 is 34.8 Å². The Bertz CT molecular complexity index is 849. The molecule has 1 N–H and O–H groups in total. The van der Waals surface area contributed by atoms with Crippen molar-refractivity contribution in [2.45, 2.75) is 6.42 Å². The summed E-state index contributed by atoms with van der Waals surface area (Å²) in [5.41, 5.74) is 3.40. The third kappa shape index (κ3) is 4.13. The number of aromatic nitrogens is 1. The van der Waals surface area contributed by atoms with Gasteiger partial charge in [-0.25, -0.2) is 0 Å². The van der Waals surface area contributed by atoms with E-state index in [2.05, 4.69) is 10.3 Å². The van der Waals surface area contributed by atoms with Gasteiger partial charge in [0, 0.05) is 23.1 Å². The van der Waals surface area contributed by atoms with E-state index in [1.165, 1.54) is 5.56 Å². The molecule has 0 aliphatic carbocycles. The zero-order valence-corrected chi connectivity index (χ0v) is 14.2. The van der Waals surface area contributed by atoms with Crippen molar-refractivity contribution in [2.24, 2.45) is 0 Å². The van der Waals surface area contributed by atoms with Gasteiger partial charge < -0.3 is 5.32 Å². The van der Waals surface area contributed by atoms with E-state index in [1.807, 2.05) is 36.4 Å². The second-order valence-electron chi connectivity index (χ2n) is 5.31. The van der Waals surface area contributed by atoms with Crippen LogP contribution < -0.4 is 5.32 Å². The van der Waals surface area contributed by atoms with Gasteiger partial charge in [-0.2, -0.15) is 0 Å². The zero-order chi connectivity index (χ0) is 16.9. The molecule has 0 unspecified atom stereocenters. The standard InChI is InChI=1S/C19H14Cl2N2O/c20-15-3-6-18(21)17(12-15)19(24)23-16-4-1-13(2-5-16)11-14-7-9-22-10-8-14/h1-10,12H,11H2,(H,23,24). The SMILES string of the molecule is O=C(Nc1ccc(Cc2ccncc2)cc1)c1cc(Cl)ccc1Cl. The Kier molecular flexibility index (Phi) is 5.14. The summed E-state index contributed by atoms with van der Waals surface area (Å²) >= 11 is 12.0. The number of rotatable bonds is 4. The molecule has 120 valence electrons. The van der Waals surface area contributed by atoms with Crippen molar-refractivity contribution in [1.29, 1.82) is 0 Å². The van der Waals surface area contributed by atoms with Crippen LogP contribution in [-0.4, -0.2) is 10.9 Å². The Morgan fingerprint density at radius 2 is 1.58 bits per heavy atom. The van der Waals surface area contributed by atoms with Crippen LogP contribution in [0.4, 0.5) is 5.69 Å². The minimum Gasteiger partial charge on any atom is -0.322 e. The number of hydrogen-bond acceptors (Lipinski definition) is 2. The number of pyridine rings is 1. The van der Waals surface area contributed by atoms with Crippen LogP contribution in [-0.2, 0) is 6.42 Å². The quantitative estimate of drug-likeness (QED) is 0.695. The van der Waals surface area contributed by atoms with Gasteiger partial charge in [-0.15, -0.1) is 0 Å². The van der Waals surface area contributed by atoms with Crippen molar-refractivity contribution in [1.82, 2.24) is 4.98 Å². The molecule has 2 aromatic carbocycles. The molecule has 3 aromatic rings. The fraction of sp³-hybridized carbons (Fsp3) is 0.0526. The highest BCUT2D eigenvalue weighted by atomic mass is 35.5. The van der Waals surface area contributed by atoms with Gasteiger partial charge in [-0.1, -0.05) is 35.3 Å². The van der Waals surface area contributed by atoms with E-state index in [4.69, 9.17) is 23.2 Å². The van der Waals surface area contributed by atoms with Crippen LogP contribution in [0.25, 0.3) is 0 Å². The van der Waals surface area contributed by atoms with Crippen molar-refractivity contribution in [3.8, 4) is 0 Å². The Morgan fingerprint density at radius 1 is 0.917 bits per heavy atom. The number of anilines is 1. The molecule has 3 nitrogen and oxygen atoms in total. The van der Waals surface area contributed by atoms with Gasteiger partial charge >= 0.3 is 0 Å². The molecule has 24 heavy (non-hydrogen) atoms. The first-order chi connectivity index (χ1) is 11.6. The molecule has 1 aromatic heterocycles. The Balaban J connectivity index is 1.70. The maximum Gasteiger partial charge on any atom is 0.257 e. The Hall–Kier alpha value is -2.36. The van der Waals surface area contributed by atoms with E-state index in [-0.39, 0.29) is 5.91 Å². The molecule has 0 saturated carbocycles. The lowest BCUT2D eigenvalue weighted by atomic mass is 10.1. The summed E-state index contributed by atoms with van der Waals surface area (Å²) in [6, 6.07) is 16.5. The maximum atomic E-state index is 12.3. The van der Waals surface area contributed by atoms with E-state index in [0.717, 1.165) is 12.0 Å².